The van der Waals surface area contributed by atoms with Crippen molar-refractivity contribution >= 4 is 10.8 Å². The van der Waals surface area contributed by atoms with E-state index in [4.69, 9.17) is 15.2 Å². The fourth-order valence-corrected chi connectivity index (χ4v) is 4.18. The molecule has 21 heavy (non-hydrogen) atoms. The molecule has 4 unspecified atom stereocenters. The summed E-state index contributed by atoms with van der Waals surface area (Å²) in [6.07, 6.45) is 1.09. The van der Waals surface area contributed by atoms with Crippen molar-refractivity contribution in [3.05, 3.63) is 29.8 Å². The zero-order valence-corrected chi connectivity index (χ0v) is 13.8. The summed E-state index contributed by atoms with van der Waals surface area (Å²) in [6.45, 7) is 6.68. The van der Waals surface area contributed by atoms with Crippen LogP contribution in [0.25, 0.3) is 0 Å². The Morgan fingerprint density at radius 3 is 2.57 bits per heavy atom. The SMILES string of the molecule is CC(C)Oc1ccc(C(N)CS(=O)C2CCOC2C)cc1. The van der Waals surface area contributed by atoms with Gasteiger partial charge in [0, 0.05) is 29.2 Å². The minimum absolute atomic E-state index is 0.0693. The van der Waals surface area contributed by atoms with Gasteiger partial charge in [-0.05, 0) is 44.9 Å². The maximum atomic E-state index is 12.4. The lowest BCUT2D eigenvalue weighted by atomic mass is 10.1. The molecule has 2 N–H and O–H groups in total. The number of ether oxygens (including phenoxy) is 2. The highest BCUT2D eigenvalue weighted by atomic mass is 32.2. The fraction of sp³-hybridized carbons (Fsp3) is 0.625. The van der Waals surface area contributed by atoms with E-state index in [0.717, 1.165) is 17.7 Å². The first-order chi connectivity index (χ1) is 9.97. The summed E-state index contributed by atoms with van der Waals surface area (Å²) in [5, 5.41) is 0.111. The van der Waals surface area contributed by atoms with E-state index in [1.54, 1.807) is 0 Å². The Labute approximate surface area is 129 Å². The van der Waals surface area contributed by atoms with Crippen LogP contribution in [0.4, 0.5) is 0 Å². The van der Waals surface area contributed by atoms with Gasteiger partial charge in [0.15, 0.2) is 0 Å². The minimum atomic E-state index is -0.952. The molecule has 4 atom stereocenters. The van der Waals surface area contributed by atoms with Crippen LogP contribution in [-0.2, 0) is 15.5 Å². The van der Waals surface area contributed by atoms with Crippen molar-refractivity contribution in [2.75, 3.05) is 12.4 Å². The van der Waals surface area contributed by atoms with Gasteiger partial charge in [0.05, 0.1) is 17.5 Å². The Morgan fingerprint density at radius 1 is 1.38 bits per heavy atom. The van der Waals surface area contributed by atoms with Crippen molar-refractivity contribution in [2.45, 2.75) is 50.7 Å². The highest BCUT2D eigenvalue weighted by molar-refractivity contribution is 7.85. The molecular weight excluding hydrogens is 286 g/mol. The van der Waals surface area contributed by atoms with Gasteiger partial charge in [-0.15, -0.1) is 0 Å². The first-order valence-electron chi connectivity index (χ1n) is 7.48. The summed E-state index contributed by atoms with van der Waals surface area (Å²) in [5.74, 6) is 1.31. The van der Waals surface area contributed by atoms with Crippen LogP contribution in [0.3, 0.4) is 0 Å². The Bertz CT molecular complexity index is 475. The lowest BCUT2D eigenvalue weighted by Crippen LogP contribution is -2.29. The maximum Gasteiger partial charge on any atom is 0.119 e. The second-order valence-electron chi connectivity index (χ2n) is 5.79. The first-order valence-corrected chi connectivity index (χ1v) is 8.86. The number of hydrogen-bond acceptors (Lipinski definition) is 4. The summed E-state index contributed by atoms with van der Waals surface area (Å²) in [6, 6.07) is 7.52. The molecule has 1 aliphatic rings. The third-order valence-corrected chi connectivity index (χ3v) is 5.65. The van der Waals surface area contributed by atoms with Crippen molar-refractivity contribution in [2.24, 2.45) is 5.73 Å². The molecule has 0 aliphatic carbocycles. The molecule has 1 aromatic rings. The Hall–Kier alpha value is -0.910. The van der Waals surface area contributed by atoms with E-state index in [-0.39, 0.29) is 23.5 Å². The Kier molecular flexibility index (Phi) is 5.79. The van der Waals surface area contributed by atoms with Gasteiger partial charge in [0.25, 0.3) is 0 Å². The quantitative estimate of drug-likeness (QED) is 0.876. The van der Waals surface area contributed by atoms with E-state index in [0.29, 0.717) is 12.4 Å². The molecule has 0 spiro atoms. The van der Waals surface area contributed by atoms with Crippen LogP contribution < -0.4 is 10.5 Å². The minimum Gasteiger partial charge on any atom is -0.491 e. The van der Waals surface area contributed by atoms with Crippen LogP contribution in [-0.4, -0.2) is 34.0 Å². The zero-order chi connectivity index (χ0) is 15.4. The highest BCUT2D eigenvalue weighted by Gasteiger charge is 2.30. The van der Waals surface area contributed by atoms with E-state index in [1.165, 1.54) is 0 Å². The molecule has 1 fully saturated rings. The van der Waals surface area contributed by atoms with E-state index in [9.17, 15) is 4.21 Å². The van der Waals surface area contributed by atoms with Crippen LogP contribution >= 0.6 is 0 Å². The van der Waals surface area contributed by atoms with Gasteiger partial charge in [0.2, 0.25) is 0 Å². The van der Waals surface area contributed by atoms with E-state index in [2.05, 4.69) is 0 Å². The Morgan fingerprint density at radius 2 is 2.05 bits per heavy atom. The largest absolute Gasteiger partial charge is 0.491 e. The Balaban J connectivity index is 1.93. The average molecular weight is 311 g/mol. The van der Waals surface area contributed by atoms with Gasteiger partial charge in [-0.2, -0.15) is 0 Å². The summed E-state index contributed by atoms with van der Waals surface area (Å²) in [5.41, 5.74) is 7.18. The van der Waals surface area contributed by atoms with Crippen LogP contribution in [0, 0.1) is 0 Å². The van der Waals surface area contributed by atoms with Crippen molar-refractivity contribution in [3.8, 4) is 5.75 Å². The predicted molar refractivity (Wildman–Crippen MR) is 86.0 cm³/mol. The maximum absolute atomic E-state index is 12.4. The summed E-state index contributed by atoms with van der Waals surface area (Å²) in [4.78, 5) is 0. The molecule has 1 aliphatic heterocycles. The number of nitrogens with two attached hydrogens (primary N) is 1. The average Bonchev–Trinajstić information content (AvgIpc) is 2.85. The molecule has 0 saturated carbocycles. The molecule has 1 aromatic carbocycles. The van der Waals surface area contributed by atoms with Gasteiger partial charge < -0.3 is 15.2 Å². The van der Waals surface area contributed by atoms with Crippen molar-refractivity contribution in [3.63, 3.8) is 0 Å². The molecule has 0 bridgehead atoms. The van der Waals surface area contributed by atoms with Crippen molar-refractivity contribution < 1.29 is 13.7 Å². The predicted octanol–water partition coefficient (Wildman–Crippen LogP) is 2.40. The molecule has 0 aromatic heterocycles. The van der Waals surface area contributed by atoms with Crippen molar-refractivity contribution in [1.82, 2.24) is 0 Å². The van der Waals surface area contributed by atoms with Crippen LogP contribution in [0.5, 0.6) is 5.75 Å². The summed E-state index contributed by atoms with van der Waals surface area (Å²) >= 11 is 0. The topological polar surface area (TPSA) is 61.5 Å². The molecule has 0 amide bonds. The third-order valence-electron chi connectivity index (χ3n) is 3.67. The molecule has 1 heterocycles. The lowest BCUT2D eigenvalue weighted by Gasteiger charge is -2.18. The van der Waals surface area contributed by atoms with E-state index in [1.807, 2.05) is 45.0 Å². The van der Waals surface area contributed by atoms with E-state index < -0.39 is 10.8 Å². The first kappa shape index (κ1) is 16.5. The van der Waals surface area contributed by atoms with Gasteiger partial charge in [-0.3, -0.25) is 4.21 Å². The van der Waals surface area contributed by atoms with Crippen LogP contribution in [0.2, 0.25) is 0 Å². The highest BCUT2D eigenvalue weighted by Crippen LogP contribution is 2.23. The van der Waals surface area contributed by atoms with Gasteiger partial charge in [-0.25, -0.2) is 0 Å². The standard InChI is InChI=1S/C16H25NO3S/c1-11(2)20-14-6-4-13(5-7-14)15(17)10-21(18)16-8-9-19-12(16)3/h4-7,11-12,15-16H,8-10,17H2,1-3H3. The molecule has 4 nitrogen and oxygen atoms in total. The number of benzene rings is 1. The zero-order valence-electron chi connectivity index (χ0n) is 13.0. The molecule has 5 heteroatoms. The molecule has 0 radical (unpaired) electrons. The summed E-state index contributed by atoms with van der Waals surface area (Å²) in [7, 11) is -0.952. The van der Waals surface area contributed by atoms with Crippen molar-refractivity contribution in [1.29, 1.82) is 0 Å². The molecule has 1 saturated heterocycles. The second kappa shape index (κ2) is 7.38. The number of rotatable bonds is 6. The smallest absolute Gasteiger partial charge is 0.119 e. The monoisotopic (exact) mass is 311 g/mol. The molecule has 118 valence electrons. The van der Waals surface area contributed by atoms with Gasteiger partial charge in [-0.1, -0.05) is 12.1 Å². The van der Waals surface area contributed by atoms with Gasteiger partial charge in [0.1, 0.15) is 5.75 Å². The normalized spacial score (nSPS) is 25.0. The molecular formula is C16H25NO3S. The fourth-order valence-electron chi connectivity index (χ4n) is 2.52. The van der Waals surface area contributed by atoms with Crippen LogP contribution in [0.15, 0.2) is 24.3 Å². The van der Waals surface area contributed by atoms with Gasteiger partial charge >= 0.3 is 0 Å². The lowest BCUT2D eigenvalue weighted by molar-refractivity contribution is 0.127. The molecule has 2 rings (SSSR count). The summed E-state index contributed by atoms with van der Waals surface area (Å²) < 4.78 is 23.5. The van der Waals surface area contributed by atoms with Crippen LogP contribution in [0.1, 0.15) is 38.8 Å². The van der Waals surface area contributed by atoms with E-state index >= 15 is 0 Å². The third kappa shape index (κ3) is 4.53. The number of hydrogen-bond donors (Lipinski definition) is 1. The second-order valence-corrected chi connectivity index (χ2v) is 7.49.